The third kappa shape index (κ3) is 3.58. The van der Waals surface area contributed by atoms with Gasteiger partial charge in [0.1, 0.15) is 25.3 Å². The number of carbonyl (C=O) groups excluding carboxylic acids is 3. The molecule has 1 saturated heterocycles. The van der Waals surface area contributed by atoms with Gasteiger partial charge < -0.3 is 20.1 Å². The molecular formula is C20H18ClN3O5. The van der Waals surface area contributed by atoms with Gasteiger partial charge in [0.25, 0.3) is 5.91 Å². The van der Waals surface area contributed by atoms with Crippen molar-refractivity contribution in [3.8, 4) is 11.5 Å². The van der Waals surface area contributed by atoms with Gasteiger partial charge in [0.2, 0.25) is 5.91 Å². The smallest absolute Gasteiger partial charge is 0.325 e. The van der Waals surface area contributed by atoms with Crippen LogP contribution in [0.2, 0.25) is 5.02 Å². The molecule has 0 aromatic heterocycles. The van der Waals surface area contributed by atoms with Crippen molar-refractivity contribution in [2.75, 3.05) is 25.1 Å². The fourth-order valence-electron chi connectivity index (χ4n) is 3.28. The van der Waals surface area contributed by atoms with Crippen LogP contribution in [0.4, 0.5) is 10.5 Å². The SMILES string of the molecule is C[C@]1(c2ccc(Cl)cc2)NC(=O)N(CC(=O)Nc2ccc3c(c2)OCCO3)C1=O. The van der Waals surface area contributed by atoms with Gasteiger partial charge >= 0.3 is 6.03 Å². The normalized spacial score (nSPS) is 20.4. The van der Waals surface area contributed by atoms with Crippen LogP contribution >= 0.6 is 11.6 Å². The van der Waals surface area contributed by atoms with Gasteiger partial charge in [-0.1, -0.05) is 23.7 Å². The number of anilines is 1. The van der Waals surface area contributed by atoms with Crippen LogP contribution in [-0.4, -0.2) is 42.5 Å². The lowest BCUT2D eigenvalue weighted by molar-refractivity contribution is -0.133. The Morgan fingerprint density at radius 1 is 1.14 bits per heavy atom. The minimum Gasteiger partial charge on any atom is -0.486 e. The van der Waals surface area contributed by atoms with E-state index >= 15 is 0 Å². The first-order chi connectivity index (χ1) is 13.9. The van der Waals surface area contributed by atoms with Crippen LogP contribution in [-0.2, 0) is 15.1 Å². The summed E-state index contributed by atoms with van der Waals surface area (Å²) in [6.45, 7) is 2.07. The zero-order valence-corrected chi connectivity index (χ0v) is 16.3. The lowest BCUT2D eigenvalue weighted by atomic mass is 9.92. The average Bonchev–Trinajstić information content (AvgIpc) is 2.92. The Hall–Kier alpha value is -3.26. The molecule has 0 bridgehead atoms. The van der Waals surface area contributed by atoms with E-state index in [2.05, 4.69) is 10.6 Å². The minimum atomic E-state index is -1.26. The summed E-state index contributed by atoms with van der Waals surface area (Å²) in [5, 5.41) is 5.84. The summed E-state index contributed by atoms with van der Waals surface area (Å²) in [5.41, 5.74) is -0.208. The number of amides is 4. The molecule has 2 aliphatic rings. The van der Waals surface area contributed by atoms with E-state index in [-0.39, 0.29) is 0 Å². The Morgan fingerprint density at radius 3 is 2.55 bits per heavy atom. The molecule has 1 atom stereocenters. The van der Waals surface area contributed by atoms with E-state index in [1.54, 1.807) is 49.4 Å². The van der Waals surface area contributed by atoms with Crippen LogP contribution < -0.4 is 20.1 Å². The molecule has 0 unspecified atom stereocenters. The maximum Gasteiger partial charge on any atom is 0.325 e. The van der Waals surface area contributed by atoms with Crippen LogP contribution in [0.5, 0.6) is 11.5 Å². The number of imide groups is 1. The first-order valence-corrected chi connectivity index (χ1v) is 9.34. The zero-order chi connectivity index (χ0) is 20.6. The van der Waals surface area contributed by atoms with Gasteiger partial charge in [-0.2, -0.15) is 0 Å². The summed E-state index contributed by atoms with van der Waals surface area (Å²) < 4.78 is 10.9. The van der Waals surface area contributed by atoms with Gasteiger partial charge in [-0.15, -0.1) is 0 Å². The number of fused-ring (bicyclic) bond motifs is 1. The van der Waals surface area contributed by atoms with Crippen molar-refractivity contribution in [2.45, 2.75) is 12.5 Å². The van der Waals surface area contributed by atoms with Gasteiger partial charge in [-0.25, -0.2) is 4.79 Å². The zero-order valence-electron chi connectivity index (χ0n) is 15.5. The number of urea groups is 1. The highest BCUT2D eigenvalue weighted by atomic mass is 35.5. The van der Waals surface area contributed by atoms with Crippen LogP contribution in [0.1, 0.15) is 12.5 Å². The maximum atomic E-state index is 12.9. The van der Waals surface area contributed by atoms with Gasteiger partial charge in [0, 0.05) is 16.8 Å². The third-order valence-electron chi connectivity index (χ3n) is 4.82. The number of halogens is 1. The summed E-state index contributed by atoms with van der Waals surface area (Å²) in [4.78, 5) is 38.6. The monoisotopic (exact) mass is 415 g/mol. The molecule has 0 aliphatic carbocycles. The van der Waals surface area contributed by atoms with E-state index in [0.29, 0.717) is 41.0 Å². The highest BCUT2D eigenvalue weighted by Crippen LogP contribution is 2.33. The maximum absolute atomic E-state index is 12.9. The molecule has 2 heterocycles. The third-order valence-corrected chi connectivity index (χ3v) is 5.08. The molecule has 2 N–H and O–H groups in total. The summed E-state index contributed by atoms with van der Waals surface area (Å²) >= 11 is 5.90. The fraction of sp³-hybridized carbons (Fsp3) is 0.250. The lowest BCUT2D eigenvalue weighted by Crippen LogP contribution is -2.42. The molecule has 8 nitrogen and oxygen atoms in total. The van der Waals surface area contributed by atoms with E-state index in [1.165, 1.54) is 0 Å². The Bertz CT molecular complexity index is 994. The van der Waals surface area contributed by atoms with E-state index in [4.69, 9.17) is 21.1 Å². The highest BCUT2D eigenvalue weighted by Gasteiger charge is 2.49. The van der Waals surface area contributed by atoms with Crippen LogP contribution in [0, 0.1) is 0 Å². The lowest BCUT2D eigenvalue weighted by Gasteiger charge is -2.22. The number of rotatable bonds is 4. The minimum absolute atomic E-state index is 0.414. The predicted octanol–water partition coefficient (Wildman–Crippen LogP) is 2.52. The van der Waals surface area contributed by atoms with Crippen LogP contribution in [0.25, 0.3) is 0 Å². The quantitative estimate of drug-likeness (QED) is 0.748. The van der Waals surface area contributed by atoms with Gasteiger partial charge in [0.15, 0.2) is 11.5 Å². The van der Waals surface area contributed by atoms with Crippen molar-refractivity contribution in [3.05, 3.63) is 53.1 Å². The molecule has 1 fully saturated rings. The number of nitrogens with one attached hydrogen (secondary N) is 2. The van der Waals surface area contributed by atoms with Gasteiger partial charge in [0.05, 0.1) is 0 Å². The fourth-order valence-corrected chi connectivity index (χ4v) is 3.41. The largest absolute Gasteiger partial charge is 0.486 e. The molecule has 2 aromatic rings. The highest BCUT2D eigenvalue weighted by molar-refractivity contribution is 6.30. The number of benzene rings is 2. The molecule has 150 valence electrons. The van der Waals surface area contributed by atoms with Crippen molar-refractivity contribution in [1.29, 1.82) is 0 Å². The van der Waals surface area contributed by atoms with E-state index in [1.807, 2.05) is 0 Å². The van der Waals surface area contributed by atoms with Gasteiger partial charge in [-0.05, 0) is 36.8 Å². The molecule has 4 amide bonds. The standard InChI is InChI=1S/C20H18ClN3O5/c1-20(12-2-4-13(21)5-3-12)18(26)24(19(27)23-20)11-17(25)22-14-6-7-15-16(10-14)29-9-8-28-15/h2-7,10H,8-9,11H2,1H3,(H,22,25)(H,23,27)/t20-/m1/s1. The topological polar surface area (TPSA) is 97.0 Å². The molecular weight excluding hydrogens is 398 g/mol. The summed E-state index contributed by atoms with van der Waals surface area (Å²) in [7, 11) is 0. The molecule has 0 radical (unpaired) electrons. The summed E-state index contributed by atoms with van der Waals surface area (Å²) in [6, 6.07) is 11.0. The van der Waals surface area contributed by atoms with Crippen LogP contribution in [0.3, 0.4) is 0 Å². The number of carbonyl (C=O) groups is 3. The van der Waals surface area contributed by atoms with E-state index in [9.17, 15) is 14.4 Å². The average molecular weight is 416 g/mol. The van der Waals surface area contributed by atoms with E-state index < -0.39 is 29.9 Å². The number of hydrogen-bond donors (Lipinski definition) is 2. The van der Waals surface area contributed by atoms with Crippen molar-refractivity contribution in [1.82, 2.24) is 10.2 Å². The van der Waals surface area contributed by atoms with Crippen molar-refractivity contribution in [2.24, 2.45) is 0 Å². The summed E-state index contributed by atoms with van der Waals surface area (Å²) in [5.74, 6) is 0.106. The second-order valence-corrected chi connectivity index (χ2v) is 7.30. The van der Waals surface area contributed by atoms with Crippen molar-refractivity contribution in [3.63, 3.8) is 0 Å². The second-order valence-electron chi connectivity index (χ2n) is 6.86. The molecule has 0 spiro atoms. The molecule has 0 saturated carbocycles. The Labute approximate surface area is 171 Å². The summed E-state index contributed by atoms with van der Waals surface area (Å²) in [6.07, 6.45) is 0. The van der Waals surface area contributed by atoms with E-state index in [0.717, 1.165) is 4.90 Å². The van der Waals surface area contributed by atoms with Crippen molar-refractivity contribution < 1.29 is 23.9 Å². The first kappa shape index (κ1) is 19.1. The number of hydrogen-bond acceptors (Lipinski definition) is 5. The van der Waals surface area contributed by atoms with Crippen molar-refractivity contribution >= 4 is 35.1 Å². The first-order valence-electron chi connectivity index (χ1n) is 8.96. The number of nitrogens with zero attached hydrogens (tertiary/aromatic N) is 1. The Morgan fingerprint density at radius 2 is 1.83 bits per heavy atom. The number of ether oxygens (including phenoxy) is 2. The molecule has 2 aliphatic heterocycles. The molecule has 9 heteroatoms. The Balaban J connectivity index is 1.46. The molecule has 2 aromatic carbocycles. The van der Waals surface area contributed by atoms with Gasteiger partial charge in [-0.3, -0.25) is 14.5 Å². The molecule has 4 rings (SSSR count). The Kier molecular flexibility index (Phi) is 4.79. The second kappa shape index (κ2) is 7.29. The predicted molar refractivity (Wildman–Crippen MR) is 105 cm³/mol. The molecule has 29 heavy (non-hydrogen) atoms. The van der Waals surface area contributed by atoms with Crippen LogP contribution in [0.15, 0.2) is 42.5 Å².